The minimum Gasteiger partial charge on any atom is -0.394 e. The van der Waals surface area contributed by atoms with E-state index in [0.717, 1.165) is 24.3 Å². The van der Waals surface area contributed by atoms with Crippen LogP contribution in [-0.4, -0.2) is 95.7 Å². The number of hydrogen-bond donors (Lipinski definition) is 1. The van der Waals surface area contributed by atoms with Gasteiger partial charge >= 0.3 is 0 Å². The summed E-state index contributed by atoms with van der Waals surface area (Å²) in [6, 6.07) is 15.8. The highest BCUT2D eigenvalue weighted by Gasteiger charge is 2.75. The minimum absolute atomic E-state index is 0.171. The smallest absolute Gasteiger partial charge is 0.253 e. The van der Waals surface area contributed by atoms with Crippen molar-refractivity contribution in [1.29, 1.82) is 0 Å². The first-order valence-corrected chi connectivity index (χ1v) is 16.2. The second kappa shape index (κ2) is 12.1. The van der Waals surface area contributed by atoms with Crippen LogP contribution < -0.4 is 9.80 Å². The molecule has 4 heterocycles. The number of fused-ring (bicyclic) bond motifs is 2. The van der Waals surface area contributed by atoms with E-state index in [1.165, 1.54) is 0 Å². The zero-order chi connectivity index (χ0) is 31.9. The van der Waals surface area contributed by atoms with Crippen LogP contribution in [0.2, 0.25) is 0 Å². The second-order valence-electron chi connectivity index (χ2n) is 12.6. The van der Waals surface area contributed by atoms with E-state index in [2.05, 4.69) is 18.7 Å². The van der Waals surface area contributed by atoms with E-state index in [1.807, 2.05) is 85.8 Å². The van der Waals surface area contributed by atoms with Gasteiger partial charge in [0.15, 0.2) is 0 Å². The van der Waals surface area contributed by atoms with Crippen molar-refractivity contribution in [2.45, 2.75) is 56.9 Å². The Morgan fingerprint density at radius 3 is 2.22 bits per heavy atom. The standard InChI is InChI=1S/C36H44N4O5/c1-5-35-19-11-21-37(4)32(42)29(35)30-33(43)40(28(24-41)23-25-13-9-8-10-14-25)31-34(44)39(22-12-20-36(30,31)45-35)27-17-15-26(16-18-27)38(6-2)7-3/h8-20,28-31,41H,5-7,21-24H2,1-4H3/t28-,29-,30+,31?,35+,36+/m1/s1. The normalized spacial score (nSPS) is 29.8. The number of benzene rings is 2. The van der Waals surface area contributed by atoms with E-state index < -0.39 is 35.1 Å². The maximum Gasteiger partial charge on any atom is 0.253 e. The number of likely N-dealkylation sites (tertiary alicyclic amines) is 1. The van der Waals surface area contributed by atoms with E-state index in [0.29, 0.717) is 25.1 Å². The van der Waals surface area contributed by atoms with Gasteiger partial charge in [0.2, 0.25) is 11.8 Å². The van der Waals surface area contributed by atoms with Gasteiger partial charge in [-0.1, -0.05) is 61.6 Å². The molecular formula is C36H44N4O5. The molecule has 1 unspecified atom stereocenters. The number of anilines is 2. The summed E-state index contributed by atoms with van der Waals surface area (Å²) in [5.41, 5.74) is 0.300. The van der Waals surface area contributed by atoms with Crippen LogP contribution in [0.4, 0.5) is 11.4 Å². The number of hydrogen-bond acceptors (Lipinski definition) is 6. The quantitative estimate of drug-likeness (QED) is 0.437. The average molecular weight is 613 g/mol. The molecule has 1 spiro atoms. The number of amides is 3. The van der Waals surface area contributed by atoms with Crippen molar-refractivity contribution in [3.63, 3.8) is 0 Å². The second-order valence-corrected chi connectivity index (χ2v) is 12.6. The Hall–Kier alpha value is -3.95. The molecule has 6 rings (SSSR count). The zero-order valence-electron chi connectivity index (χ0n) is 26.6. The van der Waals surface area contributed by atoms with Crippen molar-refractivity contribution in [2.75, 3.05) is 49.6 Å². The first-order valence-electron chi connectivity index (χ1n) is 16.2. The van der Waals surface area contributed by atoms with Crippen molar-refractivity contribution in [3.8, 4) is 0 Å². The predicted octanol–water partition coefficient (Wildman–Crippen LogP) is 3.43. The molecule has 6 atom stereocenters. The van der Waals surface area contributed by atoms with Crippen molar-refractivity contribution in [3.05, 3.63) is 84.5 Å². The third kappa shape index (κ3) is 4.88. The summed E-state index contributed by atoms with van der Waals surface area (Å²) in [6.07, 6.45) is 8.45. The van der Waals surface area contributed by atoms with Crippen LogP contribution in [0.5, 0.6) is 0 Å². The number of ether oxygens (including phenoxy) is 1. The molecule has 2 saturated heterocycles. The summed E-state index contributed by atoms with van der Waals surface area (Å²) in [7, 11) is 1.74. The van der Waals surface area contributed by atoms with Crippen LogP contribution in [0, 0.1) is 11.8 Å². The zero-order valence-corrected chi connectivity index (χ0v) is 26.6. The number of likely N-dealkylation sites (N-methyl/N-ethyl adjacent to an activating group) is 1. The first kappa shape index (κ1) is 31.0. The molecule has 3 amide bonds. The molecule has 1 N–H and O–H groups in total. The SMILES string of the molecule is CCN(CC)c1ccc(N2CC=C[C@]34O[C@@]5(CC)C=CCN(C)C(=O)[C@H]5[C@H]3C(=O)N([C@@H](CO)Cc3ccccc3)C4C2=O)cc1. The number of rotatable bonds is 9. The number of carbonyl (C=O) groups is 3. The Morgan fingerprint density at radius 2 is 1.58 bits per heavy atom. The topological polar surface area (TPSA) is 93.6 Å². The summed E-state index contributed by atoms with van der Waals surface area (Å²) in [5.74, 6) is -2.51. The van der Waals surface area contributed by atoms with E-state index >= 15 is 0 Å². The van der Waals surface area contributed by atoms with Gasteiger partial charge in [0.05, 0.1) is 30.1 Å². The van der Waals surface area contributed by atoms with Gasteiger partial charge in [-0.25, -0.2) is 0 Å². The highest BCUT2D eigenvalue weighted by molar-refractivity contribution is 6.06. The Balaban J connectivity index is 1.47. The van der Waals surface area contributed by atoms with Gasteiger partial charge < -0.3 is 29.4 Å². The molecule has 0 aliphatic carbocycles. The van der Waals surface area contributed by atoms with Gasteiger partial charge in [-0.3, -0.25) is 14.4 Å². The largest absolute Gasteiger partial charge is 0.394 e. The molecule has 238 valence electrons. The molecule has 0 aromatic heterocycles. The van der Waals surface area contributed by atoms with Crippen molar-refractivity contribution in [1.82, 2.24) is 9.80 Å². The van der Waals surface area contributed by atoms with Gasteiger partial charge in [-0.2, -0.15) is 0 Å². The molecule has 9 heteroatoms. The highest BCUT2D eigenvalue weighted by atomic mass is 16.5. The van der Waals surface area contributed by atoms with Crippen LogP contribution in [0.3, 0.4) is 0 Å². The van der Waals surface area contributed by atoms with E-state index in [1.54, 1.807) is 21.7 Å². The lowest BCUT2D eigenvalue weighted by atomic mass is 9.73. The number of aliphatic hydroxyl groups excluding tert-OH is 1. The summed E-state index contributed by atoms with van der Waals surface area (Å²) in [6.45, 7) is 8.28. The van der Waals surface area contributed by atoms with Crippen molar-refractivity contribution < 1.29 is 24.2 Å². The van der Waals surface area contributed by atoms with E-state index in [9.17, 15) is 19.5 Å². The number of nitrogens with zero attached hydrogens (tertiary/aromatic N) is 4. The van der Waals surface area contributed by atoms with Gasteiger partial charge in [-0.15, -0.1) is 0 Å². The van der Waals surface area contributed by atoms with Gasteiger partial charge in [0.25, 0.3) is 5.91 Å². The van der Waals surface area contributed by atoms with Crippen LogP contribution in [0.25, 0.3) is 0 Å². The molecule has 0 saturated carbocycles. The Bertz CT molecular complexity index is 1490. The van der Waals surface area contributed by atoms with Crippen LogP contribution in [0.15, 0.2) is 78.9 Å². The molecule has 2 aromatic carbocycles. The molecular weight excluding hydrogens is 568 g/mol. The molecule has 9 nitrogen and oxygen atoms in total. The Labute approximate surface area is 265 Å². The molecule has 2 aromatic rings. The third-order valence-corrected chi connectivity index (χ3v) is 10.3. The fourth-order valence-electron chi connectivity index (χ4n) is 8.02. The van der Waals surface area contributed by atoms with Crippen LogP contribution >= 0.6 is 0 Å². The van der Waals surface area contributed by atoms with Gasteiger partial charge in [0.1, 0.15) is 11.6 Å². The lowest BCUT2D eigenvalue weighted by Gasteiger charge is -2.41. The number of aliphatic hydroxyl groups is 1. The van der Waals surface area contributed by atoms with E-state index in [-0.39, 0.29) is 30.9 Å². The number of carbonyl (C=O) groups excluding carboxylic acids is 3. The van der Waals surface area contributed by atoms with Gasteiger partial charge in [0, 0.05) is 44.6 Å². The molecule has 45 heavy (non-hydrogen) atoms. The van der Waals surface area contributed by atoms with E-state index in [4.69, 9.17) is 4.74 Å². The first-order chi connectivity index (χ1) is 21.7. The molecule has 4 aliphatic heterocycles. The minimum atomic E-state index is -1.38. The maximum absolute atomic E-state index is 14.9. The Kier molecular flexibility index (Phi) is 8.35. The van der Waals surface area contributed by atoms with Gasteiger partial charge in [-0.05, 0) is 56.5 Å². The Morgan fingerprint density at radius 1 is 0.889 bits per heavy atom. The summed E-state index contributed by atoms with van der Waals surface area (Å²) < 4.78 is 7.06. The summed E-state index contributed by atoms with van der Waals surface area (Å²) in [5, 5.41) is 10.8. The van der Waals surface area contributed by atoms with Crippen molar-refractivity contribution >= 4 is 29.1 Å². The fourth-order valence-corrected chi connectivity index (χ4v) is 8.02. The van der Waals surface area contributed by atoms with Crippen LogP contribution in [-0.2, 0) is 25.5 Å². The lowest BCUT2D eigenvalue weighted by Crippen LogP contribution is -2.59. The lowest BCUT2D eigenvalue weighted by molar-refractivity contribution is -0.152. The monoisotopic (exact) mass is 612 g/mol. The molecule has 4 aliphatic rings. The molecule has 2 fully saturated rings. The predicted molar refractivity (Wildman–Crippen MR) is 174 cm³/mol. The third-order valence-electron chi connectivity index (χ3n) is 10.3. The maximum atomic E-state index is 14.9. The average Bonchev–Trinajstić information content (AvgIpc) is 3.37. The summed E-state index contributed by atoms with van der Waals surface area (Å²) in [4.78, 5) is 50.9. The van der Waals surface area contributed by atoms with Crippen LogP contribution in [0.1, 0.15) is 32.8 Å². The fraction of sp³-hybridized carbons (Fsp3) is 0.472. The highest BCUT2D eigenvalue weighted by Crippen LogP contribution is 2.59. The molecule has 0 radical (unpaired) electrons. The summed E-state index contributed by atoms with van der Waals surface area (Å²) >= 11 is 0. The molecule has 0 bridgehead atoms. The van der Waals surface area contributed by atoms with Crippen molar-refractivity contribution in [2.24, 2.45) is 11.8 Å².